The summed E-state index contributed by atoms with van der Waals surface area (Å²) in [4.78, 5) is 12.0. The molecular weight excluding hydrogens is 284 g/mol. The van der Waals surface area contributed by atoms with E-state index in [0.29, 0.717) is 0 Å². The molecule has 120 valence electrons. The maximum Gasteiger partial charge on any atom is 0.407 e. The van der Waals surface area contributed by atoms with Gasteiger partial charge in [0.05, 0.1) is 6.04 Å². The van der Waals surface area contributed by atoms with E-state index in [1.807, 2.05) is 39.0 Å². The largest absolute Gasteiger partial charge is 0.454 e. The SMILES string of the molecule is CC(C)(C)OC(=O)N[C@H]1CNC[C@H]1c1ccc2c(c1)OCO2. The van der Waals surface area contributed by atoms with Crippen LogP contribution in [0.5, 0.6) is 11.5 Å². The Balaban J connectivity index is 1.69. The van der Waals surface area contributed by atoms with E-state index in [0.717, 1.165) is 30.2 Å². The van der Waals surface area contributed by atoms with E-state index in [1.54, 1.807) is 0 Å². The van der Waals surface area contributed by atoms with Crippen LogP contribution in [0.25, 0.3) is 0 Å². The van der Waals surface area contributed by atoms with E-state index in [1.165, 1.54) is 0 Å². The second-order valence-electron chi connectivity index (χ2n) is 6.63. The smallest absolute Gasteiger partial charge is 0.407 e. The van der Waals surface area contributed by atoms with Gasteiger partial charge in [-0.25, -0.2) is 4.79 Å². The van der Waals surface area contributed by atoms with Gasteiger partial charge in [0.2, 0.25) is 6.79 Å². The molecule has 2 aliphatic rings. The third kappa shape index (κ3) is 3.27. The van der Waals surface area contributed by atoms with Crippen LogP contribution < -0.4 is 20.1 Å². The molecule has 22 heavy (non-hydrogen) atoms. The van der Waals surface area contributed by atoms with Crippen molar-refractivity contribution in [3.05, 3.63) is 23.8 Å². The lowest BCUT2D eigenvalue weighted by molar-refractivity contribution is 0.0504. The van der Waals surface area contributed by atoms with Crippen molar-refractivity contribution in [1.82, 2.24) is 10.6 Å². The highest BCUT2D eigenvalue weighted by molar-refractivity contribution is 5.68. The number of alkyl carbamates (subject to hydrolysis) is 1. The molecule has 0 aliphatic carbocycles. The number of hydrogen-bond donors (Lipinski definition) is 2. The van der Waals surface area contributed by atoms with Crippen molar-refractivity contribution >= 4 is 6.09 Å². The Bertz CT molecular complexity index is 568. The Morgan fingerprint density at radius 1 is 1.27 bits per heavy atom. The molecule has 3 rings (SSSR count). The summed E-state index contributed by atoms with van der Waals surface area (Å²) in [6.45, 7) is 7.36. The van der Waals surface area contributed by atoms with Gasteiger partial charge in [-0.05, 0) is 38.5 Å². The molecule has 1 aromatic rings. The van der Waals surface area contributed by atoms with E-state index < -0.39 is 5.60 Å². The van der Waals surface area contributed by atoms with Gasteiger partial charge in [0.15, 0.2) is 11.5 Å². The van der Waals surface area contributed by atoms with Crippen LogP contribution in [-0.2, 0) is 4.74 Å². The maximum atomic E-state index is 12.0. The molecule has 0 radical (unpaired) electrons. The monoisotopic (exact) mass is 306 g/mol. The Hall–Kier alpha value is -1.95. The van der Waals surface area contributed by atoms with Crippen LogP contribution in [0.3, 0.4) is 0 Å². The van der Waals surface area contributed by atoms with Gasteiger partial charge in [-0.2, -0.15) is 0 Å². The van der Waals surface area contributed by atoms with Crippen molar-refractivity contribution in [2.24, 2.45) is 0 Å². The molecule has 2 N–H and O–H groups in total. The summed E-state index contributed by atoms with van der Waals surface area (Å²) in [5, 5.41) is 6.27. The minimum absolute atomic E-state index is 0.00442. The van der Waals surface area contributed by atoms with Gasteiger partial charge in [0, 0.05) is 19.0 Å². The van der Waals surface area contributed by atoms with Crippen molar-refractivity contribution in [3.63, 3.8) is 0 Å². The normalized spacial score (nSPS) is 23.4. The molecule has 2 atom stereocenters. The quantitative estimate of drug-likeness (QED) is 0.874. The molecule has 0 saturated carbocycles. The Morgan fingerprint density at radius 3 is 2.82 bits per heavy atom. The van der Waals surface area contributed by atoms with Crippen LogP contribution in [0.1, 0.15) is 32.3 Å². The lowest BCUT2D eigenvalue weighted by atomic mass is 9.94. The molecule has 1 fully saturated rings. The Morgan fingerprint density at radius 2 is 2.05 bits per heavy atom. The maximum absolute atomic E-state index is 12.0. The molecule has 0 spiro atoms. The molecular formula is C16H22N2O4. The van der Waals surface area contributed by atoms with Crippen LogP contribution in [0, 0.1) is 0 Å². The zero-order valence-corrected chi connectivity index (χ0v) is 13.1. The van der Waals surface area contributed by atoms with Crippen molar-refractivity contribution in [1.29, 1.82) is 0 Å². The molecule has 0 aromatic heterocycles. The van der Waals surface area contributed by atoms with Crippen LogP contribution in [0.4, 0.5) is 4.79 Å². The predicted molar refractivity (Wildman–Crippen MR) is 81.3 cm³/mol. The van der Waals surface area contributed by atoms with Crippen LogP contribution >= 0.6 is 0 Å². The number of carbonyl (C=O) groups excluding carboxylic acids is 1. The number of rotatable bonds is 2. The molecule has 2 aliphatic heterocycles. The number of amides is 1. The first kappa shape index (κ1) is 15.0. The highest BCUT2D eigenvalue weighted by atomic mass is 16.7. The molecule has 1 aromatic carbocycles. The van der Waals surface area contributed by atoms with Crippen LogP contribution in [-0.4, -0.2) is 37.6 Å². The van der Waals surface area contributed by atoms with Gasteiger partial charge in [-0.3, -0.25) is 0 Å². The highest BCUT2D eigenvalue weighted by Gasteiger charge is 2.32. The van der Waals surface area contributed by atoms with Crippen LogP contribution in [0.15, 0.2) is 18.2 Å². The molecule has 0 bridgehead atoms. The summed E-state index contributed by atoms with van der Waals surface area (Å²) < 4.78 is 16.1. The average Bonchev–Trinajstić information content (AvgIpc) is 3.03. The van der Waals surface area contributed by atoms with Gasteiger partial charge in [-0.1, -0.05) is 6.07 Å². The highest BCUT2D eigenvalue weighted by Crippen LogP contribution is 2.36. The number of fused-ring (bicyclic) bond motifs is 1. The molecule has 1 amide bonds. The first-order valence-corrected chi connectivity index (χ1v) is 7.52. The topological polar surface area (TPSA) is 68.8 Å². The Labute approximate surface area is 130 Å². The van der Waals surface area contributed by atoms with Crippen molar-refractivity contribution in [2.75, 3.05) is 19.9 Å². The van der Waals surface area contributed by atoms with Crippen molar-refractivity contribution < 1.29 is 19.0 Å². The van der Waals surface area contributed by atoms with Gasteiger partial charge >= 0.3 is 6.09 Å². The zero-order chi connectivity index (χ0) is 15.7. The first-order valence-electron chi connectivity index (χ1n) is 7.52. The number of hydrogen-bond acceptors (Lipinski definition) is 5. The lowest BCUT2D eigenvalue weighted by Crippen LogP contribution is -2.42. The third-order valence-corrected chi connectivity index (χ3v) is 3.74. The van der Waals surface area contributed by atoms with E-state index in [4.69, 9.17) is 14.2 Å². The lowest BCUT2D eigenvalue weighted by Gasteiger charge is -2.24. The van der Waals surface area contributed by atoms with Gasteiger partial charge in [-0.15, -0.1) is 0 Å². The van der Waals surface area contributed by atoms with Gasteiger partial charge in [0.25, 0.3) is 0 Å². The second-order valence-corrected chi connectivity index (χ2v) is 6.63. The van der Waals surface area contributed by atoms with Gasteiger partial charge in [0.1, 0.15) is 5.60 Å². The van der Waals surface area contributed by atoms with Crippen LogP contribution in [0.2, 0.25) is 0 Å². The fourth-order valence-electron chi connectivity index (χ4n) is 2.78. The minimum Gasteiger partial charge on any atom is -0.454 e. The molecule has 2 heterocycles. The zero-order valence-electron chi connectivity index (χ0n) is 13.1. The van der Waals surface area contributed by atoms with Crippen molar-refractivity contribution in [3.8, 4) is 11.5 Å². The first-order chi connectivity index (χ1) is 10.4. The predicted octanol–water partition coefficient (Wildman–Crippen LogP) is 2.00. The number of carbonyl (C=O) groups is 1. The standard InChI is InChI=1S/C16H22N2O4/c1-16(2,3)22-15(19)18-12-8-17-7-11(12)10-4-5-13-14(6-10)21-9-20-13/h4-6,11-12,17H,7-9H2,1-3H3,(H,18,19)/t11-,12-/m0/s1. The number of nitrogens with one attached hydrogen (secondary N) is 2. The fourth-order valence-corrected chi connectivity index (χ4v) is 2.78. The van der Waals surface area contributed by atoms with E-state index in [-0.39, 0.29) is 24.8 Å². The molecule has 6 nitrogen and oxygen atoms in total. The number of benzene rings is 1. The van der Waals surface area contributed by atoms with E-state index >= 15 is 0 Å². The fraction of sp³-hybridized carbons (Fsp3) is 0.562. The summed E-state index contributed by atoms with van der Waals surface area (Å²) in [5.41, 5.74) is 0.625. The minimum atomic E-state index is -0.496. The average molecular weight is 306 g/mol. The summed E-state index contributed by atoms with van der Waals surface area (Å²) in [7, 11) is 0. The second kappa shape index (κ2) is 5.68. The summed E-state index contributed by atoms with van der Waals surface area (Å²) in [5.74, 6) is 1.72. The third-order valence-electron chi connectivity index (χ3n) is 3.74. The molecule has 1 saturated heterocycles. The number of ether oxygens (including phenoxy) is 3. The van der Waals surface area contributed by atoms with Crippen molar-refractivity contribution in [2.45, 2.75) is 38.3 Å². The molecule has 0 unspecified atom stereocenters. The van der Waals surface area contributed by atoms with Gasteiger partial charge < -0.3 is 24.8 Å². The van der Waals surface area contributed by atoms with E-state index in [9.17, 15) is 4.79 Å². The van der Waals surface area contributed by atoms with E-state index in [2.05, 4.69) is 10.6 Å². The summed E-state index contributed by atoms with van der Waals surface area (Å²) >= 11 is 0. The summed E-state index contributed by atoms with van der Waals surface area (Å²) in [6, 6.07) is 5.93. The Kier molecular flexibility index (Phi) is 3.87. The summed E-state index contributed by atoms with van der Waals surface area (Å²) in [6.07, 6.45) is -0.382. The molecule has 6 heteroatoms.